The second-order valence-electron chi connectivity index (χ2n) is 4.26. The zero-order chi connectivity index (χ0) is 13.1. The maximum absolute atomic E-state index is 11.9. The predicted octanol–water partition coefficient (Wildman–Crippen LogP) is 3.67. The minimum Gasteiger partial charge on any atom is -0.452 e. The second kappa shape index (κ2) is 4.94. The molecule has 0 spiro atoms. The first-order valence-corrected chi connectivity index (χ1v) is 6.09. The number of rotatable bonds is 2. The summed E-state index contributed by atoms with van der Waals surface area (Å²) < 4.78 is 5.64. The van der Waals surface area contributed by atoms with Gasteiger partial charge in [0, 0.05) is 11.6 Å². The van der Waals surface area contributed by atoms with E-state index in [9.17, 15) is 4.79 Å². The third-order valence-corrected chi connectivity index (χ3v) is 2.88. The molecule has 0 aliphatic carbocycles. The largest absolute Gasteiger partial charge is 0.452 e. The molecule has 0 bridgehead atoms. The SMILES string of the molecule is O=C1C=C(c2ccccc2)O/C1=C/c1ccccc1. The first-order chi connectivity index (χ1) is 9.33. The first-order valence-electron chi connectivity index (χ1n) is 6.09. The van der Waals surface area contributed by atoms with Crippen molar-refractivity contribution in [1.29, 1.82) is 0 Å². The highest BCUT2D eigenvalue weighted by Gasteiger charge is 2.21. The Morgan fingerprint density at radius 1 is 0.842 bits per heavy atom. The minimum atomic E-state index is -0.0947. The van der Waals surface area contributed by atoms with Gasteiger partial charge in [0.2, 0.25) is 5.78 Å². The van der Waals surface area contributed by atoms with Crippen LogP contribution in [0.5, 0.6) is 0 Å². The van der Waals surface area contributed by atoms with Crippen molar-refractivity contribution in [2.45, 2.75) is 0 Å². The Bertz CT molecular complexity index is 652. The van der Waals surface area contributed by atoms with Gasteiger partial charge in [-0.2, -0.15) is 0 Å². The molecule has 0 unspecified atom stereocenters. The van der Waals surface area contributed by atoms with Gasteiger partial charge < -0.3 is 4.74 Å². The summed E-state index contributed by atoms with van der Waals surface area (Å²) in [5.41, 5.74) is 1.86. The number of hydrogen-bond acceptors (Lipinski definition) is 2. The molecule has 0 fully saturated rings. The molecule has 0 aromatic heterocycles. The summed E-state index contributed by atoms with van der Waals surface area (Å²) >= 11 is 0. The van der Waals surface area contributed by atoms with E-state index in [1.807, 2.05) is 60.7 Å². The Kier molecular flexibility index (Phi) is 2.99. The summed E-state index contributed by atoms with van der Waals surface area (Å²) in [7, 11) is 0. The van der Waals surface area contributed by atoms with Crippen molar-refractivity contribution in [3.8, 4) is 0 Å². The van der Waals surface area contributed by atoms with Gasteiger partial charge in [-0.15, -0.1) is 0 Å². The maximum atomic E-state index is 11.9. The van der Waals surface area contributed by atoms with E-state index in [4.69, 9.17) is 4.74 Å². The summed E-state index contributed by atoms with van der Waals surface area (Å²) in [6.45, 7) is 0. The third kappa shape index (κ3) is 2.47. The number of carbonyl (C=O) groups is 1. The lowest BCUT2D eigenvalue weighted by molar-refractivity contribution is -0.112. The standard InChI is InChI=1S/C17H12O2/c18-15-12-16(14-9-5-2-6-10-14)19-17(15)11-13-7-3-1-4-8-13/h1-12H/b17-11+. The van der Waals surface area contributed by atoms with Gasteiger partial charge in [-0.1, -0.05) is 60.7 Å². The van der Waals surface area contributed by atoms with Crippen LogP contribution in [-0.4, -0.2) is 5.78 Å². The third-order valence-electron chi connectivity index (χ3n) is 2.88. The molecular formula is C17H12O2. The molecule has 19 heavy (non-hydrogen) atoms. The molecule has 0 radical (unpaired) electrons. The fraction of sp³-hybridized carbons (Fsp3) is 0. The zero-order valence-electron chi connectivity index (χ0n) is 10.2. The van der Waals surface area contributed by atoms with Crippen molar-refractivity contribution in [2.75, 3.05) is 0 Å². The van der Waals surface area contributed by atoms with Crippen LogP contribution < -0.4 is 0 Å². The van der Waals surface area contributed by atoms with E-state index in [0.717, 1.165) is 11.1 Å². The van der Waals surface area contributed by atoms with Crippen LogP contribution in [0.15, 0.2) is 72.5 Å². The molecule has 2 aromatic carbocycles. The summed E-state index contributed by atoms with van der Waals surface area (Å²) in [4.78, 5) is 11.9. The van der Waals surface area contributed by atoms with Gasteiger partial charge in [-0.05, 0) is 11.6 Å². The number of allylic oxidation sites excluding steroid dienone is 1. The van der Waals surface area contributed by atoms with Gasteiger partial charge in [0.1, 0.15) is 5.76 Å². The van der Waals surface area contributed by atoms with Crippen molar-refractivity contribution in [3.63, 3.8) is 0 Å². The Morgan fingerprint density at radius 2 is 1.47 bits per heavy atom. The number of benzene rings is 2. The van der Waals surface area contributed by atoms with Crippen LogP contribution in [0, 0.1) is 0 Å². The first kappa shape index (κ1) is 11.5. The van der Waals surface area contributed by atoms with Crippen molar-refractivity contribution < 1.29 is 9.53 Å². The number of ether oxygens (including phenoxy) is 1. The molecule has 0 N–H and O–H groups in total. The predicted molar refractivity (Wildman–Crippen MR) is 74.9 cm³/mol. The molecular weight excluding hydrogens is 236 g/mol. The van der Waals surface area contributed by atoms with Crippen molar-refractivity contribution in [3.05, 3.63) is 83.6 Å². The van der Waals surface area contributed by atoms with Gasteiger partial charge in [0.15, 0.2) is 5.76 Å². The van der Waals surface area contributed by atoms with Crippen LogP contribution in [0.1, 0.15) is 11.1 Å². The maximum Gasteiger partial charge on any atom is 0.224 e. The Morgan fingerprint density at radius 3 is 2.16 bits per heavy atom. The molecule has 3 rings (SSSR count). The fourth-order valence-electron chi connectivity index (χ4n) is 1.93. The topological polar surface area (TPSA) is 26.3 Å². The number of ketones is 1. The number of hydrogen-bond donors (Lipinski definition) is 0. The Labute approximate surface area is 111 Å². The van der Waals surface area contributed by atoms with Gasteiger partial charge in [0.25, 0.3) is 0 Å². The average Bonchev–Trinajstić information content (AvgIpc) is 2.82. The lowest BCUT2D eigenvalue weighted by atomic mass is 10.1. The zero-order valence-corrected chi connectivity index (χ0v) is 10.2. The lowest BCUT2D eigenvalue weighted by Gasteiger charge is -2.03. The monoisotopic (exact) mass is 248 g/mol. The van der Waals surface area contributed by atoms with Crippen LogP contribution in [-0.2, 0) is 9.53 Å². The molecule has 0 saturated carbocycles. The Hall–Kier alpha value is -2.61. The molecule has 2 nitrogen and oxygen atoms in total. The highest BCUT2D eigenvalue weighted by atomic mass is 16.5. The van der Waals surface area contributed by atoms with E-state index in [0.29, 0.717) is 11.5 Å². The van der Waals surface area contributed by atoms with Crippen LogP contribution in [0.2, 0.25) is 0 Å². The van der Waals surface area contributed by atoms with Crippen LogP contribution in [0.25, 0.3) is 11.8 Å². The highest BCUT2D eigenvalue weighted by Crippen LogP contribution is 2.27. The normalized spacial score (nSPS) is 16.3. The molecule has 1 heterocycles. The van der Waals surface area contributed by atoms with E-state index in [-0.39, 0.29) is 5.78 Å². The van der Waals surface area contributed by atoms with Crippen molar-refractivity contribution >= 4 is 17.6 Å². The second-order valence-corrected chi connectivity index (χ2v) is 4.26. The van der Waals surface area contributed by atoms with E-state index < -0.39 is 0 Å². The molecule has 0 atom stereocenters. The molecule has 2 heteroatoms. The minimum absolute atomic E-state index is 0.0947. The lowest BCUT2D eigenvalue weighted by Crippen LogP contribution is -1.92. The summed E-state index contributed by atoms with van der Waals surface area (Å²) in [6, 6.07) is 19.3. The fourth-order valence-corrected chi connectivity index (χ4v) is 1.93. The molecule has 1 aliphatic heterocycles. The summed E-state index contributed by atoms with van der Waals surface area (Å²) in [5, 5.41) is 0. The quantitative estimate of drug-likeness (QED) is 0.758. The highest BCUT2D eigenvalue weighted by molar-refractivity contribution is 6.12. The van der Waals surface area contributed by atoms with Gasteiger partial charge in [-0.25, -0.2) is 0 Å². The average molecular weight is 248 g/mol. The molecule has 92 valence electrons. The Balaban J connectivity index is 1.87. The van der Waals surface area contributed by atoms with Crippen molar-refractivity contribution in [2.24, 2.45) is 0 Å². The summed E-state index contributed by atoms with van der Waals surface area (Å²) in [6.07, 6.45) is 3.29. The van der Waals surface area contributed by atoms with E-state index >= 15 is 0 Å². The van der Waals surface area contributed by atoms with E-state index in [1.165, 1.54) is 6.08 Å². The summed E-state index contributed by atoms with van der Waals surface area (Å²) in [5.74, 6) is 0.876. The van der Waals surface area contributed by atoms with E-state index in [1.54, 1.807) is 6.08 Å². The van der Waals surface area contributed by atoms with Gasteiger partial charge in [0.05, 0.1) is 0 Å². The van der Waals surface area contributed by atoms with Gasteiger partial charge >= 0.3 is 0 Å². The molecule has 0 saturated heterocycles. The van der Waals surface area contributed by atoms with E-state index in [2.05, 4.69) is 0 Å². The van der Waals surface area contributed by atoms with Crippen LogP contribution in [0.4, 0.5) is 0 Å². The van der Waals surface area contributed by atoms with Crippen LogP contribution in [0.3, 0.4) is 0 Å². The smallest absolute Gasteiger partial charge is 0.224 e. The molecule has 0 amide bonds. The van der Waals surface area contributed by atoms with Crippen LogP contribution >= 0.6 is 0 Å². The number of carbonyl (C=O) groups excluding carboxylic acids is 1. The molecule has 2 aromatic rings. The van der Waals surface area contributed by atoms with Gasteiger partial charge in [-0.3, -0.25) is 4.79 Å². The molecule has 1 aliphatic rings. The van der Waals surface area contributed by atoms with Crippen molar-refractivity contribution in [1.82, 2.24) is 0 Å².